The highest BCUT2D eigenvalue weighted by molar-refractivity contribution is 5.84. The Bertz CT molecular complexity index is 292. The first-order valence-electron chi connectivity index (χ1n) is 5.00. The standard InChI is InChI=1S/C9H12F5NO2/c1-5-6(2-3-17-5)4-15-7(16)8(10,11)9(12,13)14/h5-6H,2-4H2,1H3,(H,15,16). The van der Waals surface area contributed by atoms with E-state index in [9.17, 15) is 26.7 Å². The lowest BCUT2D eigenvalue weighted by Crippen LogP contribution is -2.51. The summed E-state index contributed by atoms with van der Waals surface area (Å²) in [5.74, 6) is -7.90. The number of rotatable bonds is 3. The highest BCUT2D eigenvalue weighted by atomic mass is 19.4. The second-order valence-electron chi connectivity index (χ2n) is 3.91. The van der Waals surface area contributed by atoms with Crippen molar-refractivity contribution in [1.29, 1.82) is 0 Å². The number of hydrogen-bond acceptors (Lipinski definition) is 2. The van der Waals surface area contributed by atoms with Crippen LogP contribution in [0.5, 0.6) is 0 Å². The van der Waals surface area contributed by atoms with E-state index in [1.54, 1.807) is 12.2 Å². The molecule has 2 unspecified atom stereocenters. The zero-order chi connectivity index (χ0) is 13.3. The number of alkyl halides is 5. The lowest BCUT2D eigenvalue weighted by atomic mass is 10.0. The van der Waals surface area contributed by atoms with Crippen LogP contribution in [0.1, 0.15) is 13.3 Å². The van der Waals surface area contributed by atoms with Crippen molar-refractivity contribution in [3.8, 4) is 0 Å². The van der Waals surface area contributed by atoms with Crippen molar-refractivity contribution >= 4 is 5.91 Å². The molecule has 1 N–H and O–H groups in total. The Morgan fingerprint density at radius 1 is 1.35 bits per heavy atom. The van der Waals surface area contributed by atoms with Crippen LogP contribution in [-0.4, -0.2) is 37.3 Å². The molecule has 1 heterocycles. The predicted octanol–water partition coefficient (Wildman–Crippen LogP) is 1.73. The van der Waals surface area contributed by atoms with E-state index >= 15 is 0 Å². The molecule has 100 valence electrons. The Hall–Kier alpha value is -0.920. The second-order valence-corrected chi connectivity index (χ2v) is 3.91. The summed E-state index contributed by atoms with van der Waals surface area (Å²) in [6, 6.07) is 0. The zero-order valence-corrected chi connectivity index (χ0v) is 8.98. The van der Waals surface area contributed by atoms with Crippen molar-refractivity contribution in [3.63, 3.8) is 0 Å². The predicted molar refractivity (Wildman–Crippen MR) is 47.5 cm³/mol. The molecule has 1 fully saturated rings. The molecule has 0 spiro atoms. The molecule has 0 aromatic heterocycles. The van der Waals surface area contributed by atoms with Gasteiger partial charge >= 0.3 is 12.1 Å². The quantitative estimate of drug-likeness (QED) is 0.786. The Labute approximate surface area is 94.3 Å². The van der Waals surface area contributed by atoms with Crippen LogP contribution in [0.15, 0.2) is 0 Å². The fraction of sp³-hybridized carbons (Fsp3) is 0.889. The summed E-state index contributed by atoms with van der Waals surface area (Å²) >= 11 is 0. The maximum Gasteiger partial charge on any atom is 0.463 e. The van der Waals surface area contributed by atoms with Crippen molar-refractivity contribution in [1.82, 2.24) is 5.32 Å². The van der Waals surface area contributed by atoms with E-state index in [4.69, 9.17) is 4.74 Å². The molecule has 1 saturated heterocycles. The normalized spacial score (nSPS) is 26.0. The minimum absolute atomic E-state index is 0.233. The molecule has 0 saturated carbocycles. The van der Waals surface area contributed by atoms with E-state index in [1.807, 2.05) is 0 Å². The van der Waals surface area contributed by atoms with Crippen LogP contribution in [0, 0.1) is 5.92 Å². The number of amides is 1. The van der Waals surface area contributed by atoms with E-state index in [2.05, 4.69) is 0 Å². The fourth-order valence-corrected chi connectivity index (χ4v) is 1.51. The molecule has 0 aromatic rings. The van der Waals surface area contributed by atoms with E-state index in [0.29, 0.717) is 13.0 Å². The molecular formula is C9H12F5NO2. The number of carbonyl (C=O) groups is 1. The molecule has 1 rings (SSSR count). The largest absolute Gasteiger partial charge is 0.463 e. The Morgan fingerprint density at radius 2 is 1.94 bits per heavy atom. The maximum atomic E-state index is 12.5. The summed E-state index contributed by atoms with van der Waals surface area (Å²) in [6.45, 7) is 1.84. The molecule has 17 heavy (non-hydrogen) atoms. The summed E-state index contributed by atoms with van der Waals surface area (Å²) in [6.07, 6.45) is -5.59. The molecule has 8 heteroatoms. The van der Waals surface area contributed by atoms with Gasteiger partial charge in [-0.25, -0.2) is 0 Å². The summed E-state index contributed by atoms with van der Waals surface area (Å²) in [4.78, 5) is 10.8. The third-order valence-corrected chi connectivity index (χ3v) is 2.70. The van der Waals surface area contributed by atoms with Gasteiger partial charge in [0.25, 0.3) is 5.91 Å². The Kier molecular flexibility index (Phi) is 3.95. The molecule has 1 aliphatic rings. The summed E-state index contributed by atoms with van der Waals surface area (Å²) in [5.41, 5.74) is 0. The van der Waals surface area contributed by atoms with Gasteiger partial charge in [0, 0.05) is 19.1 Å². The maximum absolute atomic E-state index is 12.5. The zero-order valence-electron chi connectivity index (χ0n) is 8.98. The average Bonchev–Trinajstić information content (AvgIpc) is 2.58. The molecule has 1 amide bonds. The highest BCUT2D eigenvalue weighted by Gasteiger charge is 2.63. The number of carbonyl (C=O) groups excluding carboxylic acids is 1. The van der Waals surface area contributed by atoms with Gasteiger partial charge in [-0.15, -0.1) is 0 Å². The van der Waals surface area contributed by atoms with Crippen LogP contribution >= 0.6 is 0 Å². The highest BCUT2D eigenvalue weighted by Crippen LogP contribution is 2.35. The first-order valence-corrected chi connectivity index (χ1v) is 5.00. The van der Waals surface area contributed by atoms with Crippen LogP contribution in [0.3, 0.4) is 0 Å². The Morgan fingerprint density at radius 3 is 2.35 bits per heavy atom. The van der Waals surface area contributed by atoms with Crippen molar-refractivity contribution < 1.29 is 31.5 Å². The van der Waals surface area contributed by atoms with Gasteiger partial charge in [0.1, 0.15) is 0 Å². The van der Waals surface area contributed by atoms with Crippen molar-refractivity contribution in [3.05, 3.63) is 0 Å². The lowest BCUT2D eigenvalue weighted by molar-refractivity contribution is -0.269. The van der Waals surface area contributed by atoms with Gasteiger partial charge < -0.3 is 10.1 Å². The summed E-state index contributed by atoms with van der Waals surface area (Å²) in [7, 11) is 0. The van der Waals surface area contributed by atoms with Crippen molar-refractivity contribution in [2.45, 2.75) is 31.5 Å². The average molecular weight is 261 g/mol. The smallest absolute Gasteiger partial charge is 0.378 e. The van der Waals surface area contributed by atoms with Gasteiger partial charge in [0.05, 0.1) is 6.10 Å². The number of ether oxygens (including phenoxy) is 1. The molecule has 1 aliphatic heterocycles. The summed E-state index contributed by atoms with van der Waals surface area (Å²) in [5, 5.41) is 1.61. The molecule has 0 radical (unpaired) electrons. The Balaban J connectivity index is 2.49. The number of hydrogen-bond donors (Lipinski definition) is 1. The van der Waals surface area contributed by atoms with E-state index in [0.717, 1.165) is 0 Å². The minimum atomic E-state index is -5.87. The number of nitrogens with one attached hydrogen (secondary N) is 1. The van der Waals surface area contributed by atoms with E-state index < -0.39 is 18.0 Å². The molecule has 0 aromatic carbocycles. The monoisotopic (exact) mass is 261 g/mol. The summed E-state index contributed by atoms with van der Waals surface area (Å²) < 4.78 is 65.6. The molecule has 0 bridgehead atoms. The van der Waals surface area contributed by atoms with Gasteiger partial charge in [-0.2, -0.15) is 22.0 Å². The van der Waals surface area contributed by atoms with Crippen LogP contribution in [0.25, 0.3) is 0 Å². The van der Waals surface area contributed by atoms with Gasteiger partial charge in [-0.3, -0.25) is 4.79 Å². The van der Waals surface area contributed by atoms with Crippen molar-refractivity contribution in [2.24, 2.45) is 5.92 Å². The number of halogens is 5. The first-order chi connectivity index (χ1) is 7.66. The molecular weight excluding hydrogens is 249 g/mol. The van der Waals surface area contributed by atoms with Crippen LogP contribution in [0.2, 0.25) is 0 Å². The van der Waals surface area contributed by atoms with Crippen molar-refractivity contribution in [2.75, 3.05) is 13.2 Å². The van der Waals surface area contributed by atoms with Crippen LogP contribution in [0.4, 0.5) is 22.0 Å². The van der Waals surface area contributed by atoms with Gasteiger partial charge in [-0.1, -0.05) is 0 Å². The lowest BCUT2D eigenvalue weighted by Gasteiger charge is -2.20. The third kappa shape index (κ3) is 3.05. The van der Waals surface area contributed by atoms with Crippen LogP contribution in [-0.2, 0) is 9.53 Å². The third-order valence-electron chi connectivity index (χ3n) is 2.70. The van der Waals surface area contributed by atoms with E-state index in [1.165, 1.54) is 0 Å². The molecule has 0 aliphatic carbocycles. The first kappa shape index (κ1) is 14.1. The van der Waals surface area contributed by atoms with Gasteiger partial charge in [0.15, 0.2) is 0 Å². The fourth-order valence-electron chi connectivity index (χ4n) is 1.51. The SMILES string of the molecule is CC1OCCC1CNC(=O)C(F)(F)C(F)(F)F. The minimum Gasteiger partial charge on any atom is -0.378 e. The van der Waals surface area contributed by atoms with Gasteiger partial charge in [0.2, 0.25) is 0 Å². The van der Waals surface area contributed by atoms with E-state index in [-0.39, 0.29) is 18.6 Å². The molecule has 2 atom stereocenters. The van der Waals surface area contributed by atoms with Crippen LogP contribution < -0.4 is 5.32 Å². The molecule has 3 nitrogen and oxygen atoms in total. The van der Waals surface area contributed by atoms with Gasteiger partial charge in [-0.05, 0) is 13.3 Å². The topological polar surface area (TPSA) is 38.3 Å². The second kappa shape index (κ2) is 4.75.